The second-order valence-electron chi connectivity index (χ2n) is 10.1. The predicted octanol–water partition coefficient (Wildman–Crippen LogP) is 2.89. The molecule has 0 unspecified atom stereocenters. The maximum Gasteiger partial charge on any atom is 0.303 e. The number of rotatable bonds is 9. The first-order chi connectivity index (χ1) is 21.9. The molecule has 1 saturated heterocycles. The molecule has 5 atom stereocenters. The number of nitrogens with one attached hydrogen (secondary N) is 2. The van der Waals surface area contributed by atoms with E-state index >= 15 is 0 Å². The van der Waals surface area contributed by atoms with Crippen LogP contribution in [0.3, 0.4) is 0 Å². The van der Waals surface area contributed by atoms with Crippen LogP contribution in [0.1, 0.15) is 27.7 Å². The van der Waals surface area contributed by atoms with Gasteiger partial charge in [-0.15, -0.1) is 0 Å². The molecule has 3 N–H and O–H groups in total. The zero-order chi connectivity index (χ0) is 33.4. The first-order valence-electron chi connectivity index (χ1n) is 14.0. The maximum atomic E-state index is 12.2. The molecular formula is C31H32N4O10S. The van der Waals surface area contributed by atoms with Gasteiger partial charge in [0.2, 0.25) is 5.95 Å². The molecule has 2 heterocycles. The zero-order valence-corrected chi connectivity index (χ0v) is 26.1. The largest absolute Gasteiger partial charge is 0.507 e. The van der Waals surface area contributed by atoms with Crippen molar-refractivity contribution in [2.45, 2.75) is 58.3 Å². The highest BCUT2D eigenvalue weighted by atomic mass is 32.1. The molecule has 15 heteroatoms. The van der Waals surface area contributed by atoms with Gasteiger partial charge in [0, 0.05) is 38.8 Å². The van der Waals surface area contributed by atoms with Crippen LogP contribution in [0.15, 0.2) is 60.7 Å². The lowest BCUT2D eigenvalue weighted by Gasteiger charge is -2.44. The molecule has 1 aliphatic heterocycles. The number of carbonyl (C=O) groups excluding carboxylic acids is 4. The first-order valence-corrected chi connectivity index (χ1v) is 14.4. The minimum absolute atomic E-state index is 0.00404. The van der Waals surface area contributed by atoms with Crippen LogP contribution < -0.4 is 10.6 Å². The van der Waals surface area contributed by atoms with Gasteiger partial charge in [-0.25, -0.2) is 9.97 Å². The van der Waals surface area contributed by atoms with Crippen LogP contribution in [0, 0.1) is 0 Å². The minimum Gasteiger partial charge on any atom is -0.507 e. The van der Waals surface area contributed by atoms with E-state index in [2.05, 4.69) is 20.6 Å². The van der Waals surface area contributed by atoms with E-state index in [1.54, 1.807) is 24.3 Å². The first kappa shape index (κ1) is 33.7. The molecule has 0 aliphatic carbocycles. The highest BCUT2D eigenvalue weighted by Crippen LogP contribution is 2.31. The minimum atomic E-state index is -1.38. The second kappa shape index (κ2) is 15.2. The van der Waals surface area contributed by atoms with Crippen LogP contribution in [-0.4, -0.2) is 81.3 Å². The summed E-state index contributed by atoms with van der Waals surface area (Å²) in [6.07, 6.45) is -6.57. The van der Waals surface area contributed by atoms with Gasteiger partial charge in [-0.3, -0.25) is 19.2 Å². The summed E-state index contributed by atoms with van der Waals surface area (Å²) in [4.78, 5) is 57.0. The number of ether oxygens (including phenoxy) is 5. The summed E-state index contributed by atoms with van der Waals surface area (Å²) in [6, 6.07) is 17.7. The van der Waals surface area contributed by atoms with E-state index < -0.39 is 61.1 Å². The van der Waals surface area contributed by atoms with Crippen molar-refractivity contribution < 1.29 is 48.0 Å². The predicted molar refractivity (Wildman–Crippen MR) is 166 cm³/mol. The smallest absolute Gasteiger partial charge is 0.303 e. The lowest BCUT2D eigenvalue weighted by molar-refractivity contribution is -0.254. The number of hydrogen-bond acceptors (Lipinski definition) is 13. The van der Waals surface area contributed by atoms with Gasteiger partial charge in [0.1, 0.15) is 18.5 Å². The average Bonchev–Trinajstić information content (AvgIpc) is 2.99. The third-order valence-corrected chi connectivity index (χ3v) is 6.69. The molecule has 1 aliphatic rings. The van der Waals surface area contributed by atoms with Crippen molar-refractivity contribution in [3.8, 4) is 28.3 Å². The van der Waals surface area contributed by atoms with Gasteiger partial charge in [0.25, 0.3) is 0 Å². The van der Waals surface area contributed by atoms with Crippen LogP contribution in [0.2, 0.25) is 0 Å². The van der Waals surface area contributed by atoms with Crippen molar-refractivity contribution in [3.05, 3.63) is 60.7 Å². The SMILES string of the molecule is CC(=O)OC[C@H]1O[C@@H](NC(=S)Nc2nc(-c3ccccc3)cc(-c3ccccc3O)n2)[C@H](OC(C)=O)[C@@H](OC(C)=O)[C@@H]1OC(C)=O. The highest BCUT2D eigenvalue weighted by Gasteiger charge is 2.52. The second-order valence-corrected chi connectivity index (χ2v) is 10.5. The molecule has 0 amide bonds. The van der Waals surface area contributed by atoms with Crippen molar-refractivity contribution in [3.63, 3.8) is 0 Å². The molecule has 4 rings (SSSR count). The Hall–Kier alpha value is -5.15. The van der Waals surface area contributed by atoms with Gasteiger partial charge in [-0.2, -0.15) is 0 Å². The van der Waals surface area contributed by atoms with E-state index in [4.69, 9.17) is 35.9 Å². The molecule has 2 aromatic carbocycles. The van der Waals surface area contributed by atoms with E-state index in [1.165, 1.54) is 13.0 Å². The Bertz CT molecular complexity index is 1610. The molecule has 1 fully saturated rings. The summed E-state index contributed by atoms with van der Waals surface area (Å²) in [7, 11) is 0. The number of aromatic hydroxyl groups is 1. The zero-order valence-electron chi connectivity index (χ0n) is 25.3. The lowest BCUT2D eigenvalue weighted by Crippen LogP contribution is -2.66. The maximum absolute atomic E-state index is 12.2. The van der Waals surface area contributed by atoms with Crippen molar-refractivity contribution in [2.75, 3.05) is 11.9 Å². The third-order valence-electron chi connectivity index (χ3n) is 6.47. The average molecular weight is 653 g/mol. The summed E-state index contributed by atoms with van der Waals surface area (Å²) in [5.74, 6) is -2.88. The summed E-state index contributed by atoms with van der Waals surface area (Å²) in [5.41, 5.74) is 2.13. The highest BCUT2D eigenvalue weighted by molar-refractivity contribution is 7.80. The van der Waals surface area contributed by atoms with Crippen LogP contribution in [0.5, 0.6) is 5.75 Å². The standard InChI is InChI=1S/C31H32N4O10S/c1-16(36)41-15-25-26(42-17(2)37)27(43-18(3)38)28(44-19(4)39)29(45-25)34-31(46)35-30-32-22(20-10-6-5-7-11-20)14-23(33-30)21-12-8-9-13-24(21)40/h5-14,25-29,40H,15H2,1-4H3,(H2,32,33,34,35,46)/t25-,26-,27+,28-,29-/m1/s1. The fraction of sp³-hybridized carbons (Fsp3) is 0.323. The van der Waals surface area contributed by atoms with Crippen molar-refractivity contribution >= 4 is 47.2 Å². The number of carbonyl (C=O) groups is 4. The molecule has 0 spiro atoms. The summed E-state index contributed by atoms with van der Waals surface area (Å²) >= 11 is 5.55. The summed E-state index contributed by atoms with van der Waals surface area (Å²) in [6.45, 7) is 4.16. The van der Waals surface area contributed by atoms with Gasteiger partial charge in [0.15, 0.2) is 29.7 Å². The Morgan fingerprint density at radius 3 is 2.02 bits per heavy atom. The number of hydrogen-bond donors (Lipinski definition) is 3. The molecular weight excluding hydrogens is 620 g/mol. The van der Waals surface area contributed by atoms with Crippen molar-refractivity contribution in [1.82, 2.24) is 15.3 Å². The van der Waals surface area contributed by atoms with Crippen LogP contribution in [0.4, 0.5) is 5.95 Å². The molecule has 0 saturated carbocycles. The Morgan fingerprint density at radius 1 is 0.804 bits per heavy atom. The van der Waals surface area contributed by atoms with Crippen LogP contribution in [-0.2, 0) is 42.9 Å². The Labute approximate surface area is 269 Å². The van der Waals surface area contributed by atoms with Gasteiger partial charge in [-0.05, 0) is 30.4 Å². The normalized spacial score (nSPS) is 20.5. The number of aromatic nitrogens is 2. The number of thiocarbonyl (C=S) groups is 1. The summed E-state index contributed by atoms with van der Waals surface area (Å²) in [5, 5.41) is 16.2. The number of anilines is 1. The topological polar surface area (TPSA) is 184 Å². The molecule has 3 aromatic rings. The molecule has 1 aromatic heterocycles. The van der Waals surface area contributed by atoms with Crippen molar-refractivity contribution in [1.29, 1.82) is 0 Å². The number of phenols is 1. The van der Waals surface area contributed by atoms with E-state index in [0.717, 1.165) is 26.3 Å². The monoisotopic (exact) mass is 652 g/mol. The fourth-order valence-electron chi connectivity index (χ4n) is 4.70. The Balaban J connectivity index is 1.68. The number of benzene rings is 2. The molecule has 46 heavy (non-hydrogen) atoms. The van der Waals surface area contributed by atoms with Gasteiger partial charge in [-0.1, -0.05) is 42.5 Å². The van der Waals surface area contributed by atoms with E-state index in [1.807, 2.05) is 30.3 Å². The van der Waals surface area contributed by atoms with Gasteiger partial charge in [0.05, 0.1) is 11.4 Å². The molecule has 0 bridgehead atoms. The van der Waals surface area contributed by atoms with E-state index in [0.29, 0.717) is 17.0 Å². The third kappa shape index (κ3) is 8.95. The number of nitrogens with zero attached hydrogens (tertiary/aromatic N) is 2. The van der Waals surface area contributed by atoms with Gasteiger partial charge < -0.3 is 39.4 Å². The number of phenolic OH excluding ortho intramolecular Hbond substituents is 1. The summed E-state index contributed by atoms with van der Waals surface area (Å²) < 4.78 is 27.5. The Kier molecular flexibility index (Phi) is 11.2. The van der Waals surface area contributed by atoms with Crippen LogP contribution >= 0.6 is 12.2 Å². The molecule has 14 nitrogen and oxygen atoms in total. The van der Waals surface area contributed by atoms with Crippen LogP contribution in [0.25, 0.3) is 22.5 Å². The quantitative estimate of drug-likeness (QED) is 0.174. The number of esters is 4. The molecule has 0 radical (unpaired) electrons. The van der Waals surface area contributed by atoms with Gasteiger partial charge >= 0.3 is 23.9 Å². The van der Waals surface area contributed by atoms with E-state index in [9.17, 15) is 24.3 Å². The van der Waals surface area contributed by atoms with Crippen molar-refractivity contribution in [2.24, 2.45) is 0 Å². The number of para-hydroxylation sites is 1. The fourth-order valence-corrected chi connectivity index (χ4v) is 4.91. The Morgan fingerprint density at radius 2 is 1.39 bits per heavy atom. The van der Waals surface area contributed by atoms with E-state index in [-0.39, 0.29) is 16.8 Å². The molecule has 242 valence electrons. The lowest BCUT2D eigenvalue weighted by atomic mass is 9.97.